The maximum atomic E-state index is 12.9. The van der Waals surface area contributed by atoms with Gasteiger partial charge in [-0.3, -0.25) is 30.6 Å². The number of halogens is 1. The van der Waals surface area contributed by atoms with Crippen LogP contribution in [-0.2, 0) is 4.79 Å². The van der Waals surface area contributed by atoms with Crippen molar-refractivity contribution in [2.75, 3.05) is 5.32 Å². The molecule has 0 saturated heterocycles. The number of hydrazine groups is 1. The van der Waals surface area contributed by atoms with Gasteiger partial charge in [-0.25, -0.2) is 4.39 Å². The summed E-state index contributed by atoms with van der Waals surface area (Å²) in [6, 6.07) is 9.38. The summed E-state index contributed by atoms with van der Waals surface area (Å²) in [4.78, 5) is 35.0. The average Bonchev–Trinajstić information content (AvgIpc) is 3.51. The number of nitrogens with zero attached hydrogens (tertiary/aromatic N) is 1. The summed E-state index contributed by atoms with van der Waals surface area (Å²) in [7, 11) is 0. The zero-order valence-electron chi connectivity index (χ0n) is 15.5. The molecule has 29 heavy (non-hydrogen) atoms. The second-order valence-corrected chi connectivity index (χ2v) is 6.57. The Labute approximate surface area is 165 Å². The molecule has 1 atom stereocenters. The van der Waals surface area contributed by atoms with Gasteiger partial charge >= 0.3 is 0 Å². The van der Waals surface area contributed by atoms with Crippen molar-refractivity contribution in [1.29, 1.82) is 0 Å². The highest BCUT2D eigenvalue weighted by atomic mass is 19.1. The van der Waals surface area contributed by atoms with Crippen LogP contribution in [-0.4, -0.2) is 28.9 Å². The number of carbonyl (C=O) groups is 2. The molecule has 1 saturated carbocycles. The Morgan fingerprint density at radius 2 is 1.86 bits per heavy atom. The van der Waals surface area contributed by atoms with Gasteiger partial charge < -0.3 is 10.1 Å². The average molecular weight is 402 g/mol. The van der Waals surface area contributed by atoms with E-state index in [0.29, 0.717) is 5.69 Å². The van der Waals surface area contributed by atoms with E-state index in [2.05, 4.69) is 16.2 Å². The van der Waals surface area contributed by atoms with Crippen LogP contribution in [0.5, 0.6) is 5.75 Å². The standard InChI is InChI=1S/C19H19FN4O5/c1-11(29-15-7-3-13(20)4-8-15)18(25)22-23-19(26)12-2-9-16(21-14-5-6-14)17(10-12)24(27)28/h2-4,7-11,14,21H,5-6H2,1H3,(H,22,25)(H,23,26). The highest BCUT2D eigenvalue weighted by Crippen LogP contribution is 2.31. The molecule has 152 valence electrons. The number of carbonyl (C=O) groups excluding carboxylic acids is 2. The number of nitro groups is 1. The topological polar surface area (TPSA) is 123 Å². The van der Waals surface area contributed by atoms with Crippen LogP contribution in [0, 0.1) is 15.9 Å². The van der Waals surface area contributed by atoms with E-state index in [9.17, 15) is 24.1 Å². The third-order valence-electron chi connectivity index (χ3n) is 4.19. The van der Waals surface area contributed by atoms with E-state index >= 15 is 0 Å². The molecule has 10 heteroatoms. The van der Waals surface area contributed by atoms with Gasteiger partial charge in [-0.15, -0.1) is 0 Å². The second-order valence-electron chi connectivity index (χ2n) is 6.57. The van der Waals surface area contributed by atoms with E-state index in [1.165, 1.54) is 43.3 Å². The van der Waals surface area contributed by atoms with Gasteiger partial charge in [-0.2, -0.15) is 0 Å². The first-order chi connectivity index (χ1) is 13.8. The minimum Gasteiger partial charge on any atom is -0.481 e. The number of anilines is 1. The summed E-state index contributed by atoms with van der Waals surface area (Å²) in [6.07, 6.45) is 0.924. The molecule has 0 aromatic heterocycles. The lowest BCUT2D eigenvalue weighted by molar-refractivity contribution is -0.384. The molecule has 1 aliphatic carbocycles. The molecule has 3 N–H and O–H groups in total. The van der Waals surface area contributed by atoms with Gasteiger partial charge in [0, 0.05) is 17.7 Å². The van der Waals surface area contributed by atoms with Crippen LogP contribution in [0.3, 0.4) is 0 Å². The van der Waals surface area contributed by atoms with Crippen LogP contribution >= 0.6 is 0 Å². The van der Waals surface area contributed by atoms with E-state index in [-0.39, 0.29) is 23.0 Å². The number of nitrogens with one attached hydrogen (secondary N) is 3. The van der Waals surface area contributed by atoms with E-state index in [1.54, 1.807) is 0 Å². The molecule has 3 rings (SSSR count). The van der Waals surface area contributed by atoms with Crippen LogP contribution in [0.25, 0.3) is 0 Å². The van der Waals surface area contributed by atoms with E-state index in [4.69, 9.17) is 4.74 Å². The molecular formula is C19H19FN4O5. The summed E-state index contributed by atoms with van der Waals surface area (Å²) < 4.78 is 18.2. The molecule has 2 aromatic rings. The van der Waals surface area contributed by atoms with Gasteiger partial charge in [0.15, 0.2) is 6.10 Å². The van der Waals surface area contributed by atoms with Gasteiger partial charge in [-0.1, -0.05) is 0 Å². The summed E-state index contributed by atoms with van der Waals surface area (Å²) >= 11 is 0. The summed E-state index contributed by atoms with van der Waals surface area (Å²) in [5.41, 5.74) is 4.53. The lowest BCUT2D eigenvalue weighted by atomic mass is 10.1. The molecule has 2 amide bonds. The van der Waals surface area contributed by atoms with Gasteiger partial charge in [0.25, 0.3) is 17.5 Å². The molecule has 1 fully saturated rings. The lowest BCUT2D eigenvalue weighted by Crippen LogP contribution is -2.47. The molecular weight excluding hydrogens is 383 g/mol. The van der Waals surface area contributed by atoms with Crippen molar-refractivity contribution in [3.63, 3.8) is 0 Å². The molecule has 1 unspecified atom stereocenters. The molecule has 0 bridgehead atoms. The Hall–Kier alpha value is -3.69. The van der Waals surface area contributed by atoms with Gasteiger partial charge in [0.1, 0.15) is 17.3 Å². The van der Waals surface area contributed by atoms with E-state index < -0.39 is 28.7 Å². The molecule has 1 aliphatic rings. The Bertz CT molecular complexity index is 931. The van der Waals surface area contributed by atoms with Crippen molar-refractivity contribution in [2.45, 2.75) is 31.9 Å². The third-order valence-corrected chi connectivity index (χ3v) is 4.19. The predicted octanol–water partition coefficient (Wildman–Crippen LogP) is 2.54. The highest BCUT2D eigenvalue weighted by molar-refractivity contribution is 5.97. The van der Waals surface area contributed by atoms with Crippen LogP contribution in [0.1, 0.15) is 30.1 Å². The number of amides is 2. The lowest BCUT2D eigenvalue weighted by Gasteiger charge is -2.15. The van der Waals surface area contributed by atoms with Crippen molar-refractivity contribution in [2.24, 2.45) is 0 Å². The highest BCUT2D eigenvalue weighted by Gasteiger charge is 2.25. The quantitative estimate of drug-likeness (QED) is 0.483. The van der Waals surface area contributed by atoms with E-state index in [1.807, 2.05) is 0 Å². The zero-order chi connectivity index (χ0) is 21.0. The first-order valence-electron chi connectivity index (χ1n) is 8.91. The SMILES string of the molecule is CC(Oc1ccc(F)cc1)C(=O)NNC(=O)c1ccc(NC2CC2)c([N+](=O)[O-])c1. The Kier molecular flexibility index (Phi) is 5.91. The van der Waals surface area contributed by atoms with Crippen LogP contribution < -0.4 is 20.9 Å². The minimum atomic E-state index is -0.972. The number of hydrogen-bond donors (Lipinski definition) is 3. The van der Waals surface area contributed by atoms with Crippen molar-refractivity contribution >= 4 is 23.2 Å². The van der Waals surface area contributed by atoms with E-state index in [0.717, 1.165) is 18.9 Å². The Morgan fingerprint density at radius 3 is 2.48 bits per heavy atom. The first-order valence-corrected chi connectivity index (χ1v) is 8.91. The first kappa shape index (κ1) is 20.1. The maximum absolute atomic E-state index is 12.9. The molecule has 9 nitrogen and oxygen atoms in total. The predicted molar refractivity (Wildman–Crippen MR) is 102 cm³/mol. The second kappa shape index (κ2) is 8.55. The smallest absolute Gasteiger partial charge is 0.293 e. The zero-order valence-corrected chi connectivity index (χ0v) is 15.5. The maximum Gasteiger partial charge on any atom is 0.293 e. The molecule has 0 aliphatic heterocycles. The van der Waals surface area contributed by atoms with Crippen molar-refractivity contribution < 1.29 is 23.6 Å². The van der Waals surface area contributed by atoms with Gasteiger partial charge in [0.2, 0.25) is 0 Å². The third kappa shape index (κ3) is 5.41. The monoisotopic (exact) mass is 402 g/mol. The molecule has 0 spiro atoms. The minimum absolute atomic E-state index is 0.0189. The largest absolute Gasteiger partial charge is 0.481 e. The van der Waals surface area contributed by atoms with Crippen LogP contribution in [0.4, 0.5) is 15.8 Å². The van der Waals surface area contributed by atoms with Gasteiger partial charge in [0.05, 0.1) is 4.92 Å². The van der Waals surface area contributed by atoms with Crippen molar-refractivity contribution in [3.8, 4) is 5.75 Å². The number of hydrogen-bond acceptors (Lipinski definition) is 6. The number of nitro benzene ring substituents is 1. The fourth-order valence-electron chi connectivity index (χ4n) is 2.46. The summed E-state index contributed by atoms with van der Waals surface area (Å²) in [5, 5.41) is 14.3. The summed E-state index contributed by atoms with van der Waals surface area (Å²) in [5.74, 6) is -1.51. The normalized spacial score (nSPS) is 13.9. The Balaban J connectivity index is 1.57. The Morgan fingerprint density at radius 1 is 1.17 bits per heavy atom. The number of benzene rings is 2. The molecule has 0 radical (unpaired) electrons. The number of ether oxygens (including phenoxy) is 1. The van der Waals surface area contributed by atoms with Crippen LogP contribution in [0.15, 0.2) is 42.5 Å². The number of rotatable bonds is 7. The summed E-state index contributed by atoms with van der Waals surface area (Å²) in [6.45, 7) is 1.45. The van der Waals surface area contributed by atoms with Crippen molar-refractivity contribution in [1.82, 2.24) is 10.9 Å². The fourth-order valence-corrected chi connectivity index (χ4v) is 2.46. The van der Waals surface area contributed by atoms with Crippen LogP contribution in [0.2, 0.25) is 0 Å². The van der Waals surface area contributed by atoms with Crippen molar-refractivity contribution in [3.05, 3.63) is 64.0 Å². The van der Waals surface area contributed by atoms with Gasteiger partial charge in [-0.05, 0) is 56.2 Å². The fraction of sp³-hybridized carbons (Fsp3) is 0.263. The molecule has 0 heterocycles. The molecule has 2 aromatic carbocycles.